The molecule has 39 heavy (non-hydrogen) atoms. The van der Waals surface area contributed by atoms with Gasteiger partial charge < -0.3 is 24.6 Å². The highest BCUT2D eigenvalue weighted by molar-refractivity contribution is 5.77. The van der Waals surface area contributed by atoms with E-state index in [1.165, 1.54) is 24.0 Å². The summed E-state index contributed by atoms with van der Waals surface area (Å²) in [5.74, 6) is 2.49. The number of unbranched alkanes of at least 4 members (excludes halogenated alkanes) is 2. The van der Waals surface area contributed by atoms with Crippen LogP contribution in [0.1, 0.15) is 73.4 Å². The van der Waals surface area contributed by atoms with Crippen LogP contribution in [0.15, 0.2) is 24.3 Å². The number of nitrogens with one attached hydrogen (secondary N) is 1. The molecule has 0 radical (unpaired) electrons. The number of carboxylic acid groups (broad SMARTS) is 1. The molecular formula is C31H43N3O5. The number of aliphatic carboxylic acids is 1. The molecule has 2 fully saturated rings. The van der Waals surface area contributed by atoms with Gasteiger partial charge in [0, 0.05) is 49.1 Å². The van der Waals surface area contributed by atoms with E-state index < -0.39 is 12.0 Å². The number of carboxylic acids is 1. The molecule has 1 aromatic heterocycles. The Morgan fingerprint density at radius 2 is 1.97 bits per heavy atom. The highest BCUT2D eigenvalue weighted by Gasteiger charge is 2.36. The first kappa shape index (κ1) is 27.7. The summed E-state index contributed by atoms with van der Waals surface area (Å²) in [5.41, 5.74) is 4.23. The Hall–Kier alpha value is -2.84. The monoisotopic (exact) mass is 537 g/mol. The molecule has 3 heterocycles. The lowest BCUT2D eigenvalue weighted by Gasteiger charge is -2.26. The summed E-state index contributed by atoms with van der Waals surface area (Å²) < 4.78 is 17.4. The Balaban J connectivity index is 1.08. The lowest BCUT2D eigenvalue weighted by molar-refractivity contribution is -0.143. The van der Waals surface area contributed by atoms with Gasteiger partial charge in [-0.05, 0) is 81.4 Å². The number of fused-ring (bicyclic) bond motifs is 1. The molecule has 1 aromatic carbocycles. The van der Waals surface area contributed by atoms with Crippen molar-refractivity contribution in [3.05, 3.63) is 46.6 Å². The lowest BCUT2D eigenvalue weighted by Crippen LogP contribution is -2.34. The summed E-state index contributed by atoms with van der Waals surface area (Å²) in [5, 5.41) is 13.6. The second-order valence-corrected chi connectivity index (χ2v) is 11.2. The molecule has 8 nitrogen and oxygen atoms in total. The van der Waals surface area contributed by atoms with E-state index in [4.69, 9.17) is 19.2 Å². The molecule has 0 bridgehead atoms. The van der Waals surface area contributed by atoms with Gasteiger partial charge in [-0.2, -0.15) is 0 Å². The van der Waals surface area contributed by atoms with Crippen LogP contribution in [-0.2, 0) is 28.8 Å². The fourth-order valence-electron chi connectivity index (χ4n) is 5.99. The smallest absolute Gasteiger partial charge is 0.325 e. The van der Waals surface area contributed by atoms with E-state index in [0.717, 1.165) is 86.7 Å². The van der Waals surface area contributed by atoms with Crippen LogP contribution in [0.2, 0.25) is 0 Å². The van der Waals surface area contributed by atoms with Crippen molar-refractivity contribution in [2.24, 2.45) is 5.92 Å². The molecule has 0 unspecified atom stereocenters. The molecule has 5 rings (SSSR count). The second kappa shape index (κ2) is 13.0. The number of anilines is 1. The molecule has 1 saturated carbocycles. The normalized spacial score (nSPS) is 19.8. The van der Waals surface area contributed by atoms with Gasteiger partial charge in [-0.3, -0.25) is 9.69 Å². The molecule has 2 aliphatic heterocycles. The summed E-state index contributed by atoms with van der Waals surface area (Å²) in [6.45, 7) is 2.99. The Labute approximate surface area is 232 Å². The van der Waals surface area contributed by atoms with E-state index in [2.05, 4.69) is 17.4 Å². The number of rotatable bonds is 14. The quantitative estimate of drug-likeness (QED) is 0.324. The van der Waals surface area contributed by atoms with Gasteiger partial charge in [0.15, 0.2) is 0 Å². The standard InChI is InChI=1S/C31H43N3O5/c1-37-27-12-11-22(17-21-9-10-21)18-26(27)29(31(35)36)34-15-13-24(20-34)39-16-5-3-4-7-23-19-28(38-2)25-8-6-14-32-30(25)33-23/h11-12,18-19,21,24,29H,3-10,13-17,20H2,1-2H3,(H,32,33)(H,35,36)/t24-,29+/m1/s1. The number of aryl methyl sites for hydroxylation is 1. The zero-order valence-corrected chi connectivity index (χ0v) is 23.4. The maximum atomic E-state index is 12.4. The highest BCUT2D eigenvalue weighted by Crippen LogP contribution is 2.37. The van der Waals surface area contributed by atoms with Crippen molar-refractivity contribution >= 4 is 11.8 Å². The van der Waals surface area contributed by atoms with Gasteiger partial charge >= 0.3 is 5.97 Å². The third-order valence-electron chi connectivity index (χ3n) is 8.27. The van der Waals surface area contributed by atoms with E-state index in [-0.39, 0.29) is 6.10 Å². The number of nitrogens with zero attached hydrogens (tertiary/aromatic N) is 2. The van der Waals surface area contributed by atoms with Gasteiger partial charge in [-0.25, -0.2) is 4.98 Å². The first-order chi connectivity index (χ1) is 19.1. The minimum atomic E-state index is -0.833. The Kier molecular flexibility index (Phi) is 9.24. The van der Waals surface area contributed by atoms with Crippen molar-refractivity contribution in [1.82, 2.24) is 9.88 Å². The number of methoxy groups -OCH3 is 2. The lowest BCUT2D eigenvalue weighted by atomic mass is 9.99. The molecular weight excluding hydrogens is 494 g/mol. The Bertz CT molecular complexity index is 1120. The minimum Gasteiger partial charge on any atom is -0.496 e. The average Bonchev–Trinajstić information content (AvgIpc) is 3.65. The molecule has 0 amide bonds. The first-order valence-electron chi connectivity index (χ1n) is 14.6. The van der Waals surface area contributed by atoms with Crippen molar-refractivity contribution in [2.75, 3.05) is 45.8 Å². The zero-order chi connectivity index (χ0) is 27.2. The number of benzene rings is 1. The van der Waals surface area contributed by atoms with Crippen LogP contribution in [0.5, 0.6) is 11.5 Å². The molecule has 212 valence electrons. The molecule has 2 aromatic rings. The first-order valence-corrected chi connectivity index (χ1v) is 14.6. The van der Waals surface area contributed by atoms with Crippen molar-refractivity contribution < 1.29 is 24.1 Å². The number of ether oxygens (including phenoxy) is 3. The molecule has 1 saturated heterocycles. The van der Waals surface area contributed by atoms with E-state index in [9.17, 15) is 9.90 Å². The largest absolute Gasteiger partial charge is 0.496 e. The molecule has 1 aliphatic carbocycles. The van der Waals surface area contributed by atoms with Crippen LogP contribution in [-0.4, -0.2) is 67.5 Å². The van der Waals surface area contributed by atoms with E-state index in [1.54, 1.807) is 14.2 Å². The third-order valence-corrected chi connectivity index (χ3v) is 8.27. The van der Waals surface area contributed by atoms with Crippen LogP contribution >= 0.6 is 0 Å². The van der Waals surface area contributed by atoms with Crippen molar-refractivity contribution in [1.29, 1.82) is 0 Å². The number of pyridine rings is 1. The maximum Gasteiger partial charge on any atom is 0.325 e. The number of hydrogen-bond acceptors (Lipinski definition) is 7. The fourth-order valence-corrected chi connectivity index (χ4v) is 5.99. The molecule has 2 atom stereocenters. The fraction of sp³-hybridized carbons (Fsp3) is 0.613. The van der Waals surface area contributed by atoms with Gasteiger partial charge in [-0.15, -0.1) is 0 Å². The van der Waals surface area contributed by atoms with Crippen molar-refractivity contribution in [3.8, 4) is 11.5 Å². The predicted molar refractivity (Wildman–Crippen MR) is 151 cm³/mol. The van der Waals surface area contributed by atoms with Crippen molar-refractivity contribution in [2.45, 2.75) is 76.4 Å². The topological polar surface area (TPSA) is 93.2 Å². The van der Waals surface area contributed by atoms with Gasteiger partial charge in [0.05, 0.1) is 20.3 Å². The SMILES string of the molecule is COc1ccc(CC2CC2)cc1[C@@H](C(=O)O)N1CC[C@@H](OCCCCCc2cc(OC)c3c(n2)NCCC3)C1. The number of aromatic nitrogens is 1. The summed E-state index contributed by atoms with van der Waals surface area (Å²) >= 11 is 0. The summed E-state index contributed by atoms with van der Waals surface area (Å²) in [4.78, 5) is 19.3. The van der Waals surface area contributed by atoms with Gasteiger partial charge in [0.1, 0.15) is 23.4 Å². The molecule has 2 N–H and O–H groups in total. The van der Waals surface area contributed by atoms with Crippen molar-refractivity contribution in [3.63, 3.8) is 0 Å². The van der Waals surface area contributed by atoms with Crippen LogP contribution in [0.25, 0.3) is 0 Å². The van der Waals surface area contributed by atoms with Gasteiger partial charge in [0.25, 0.3) is 0 Å². The Morgan fingerprint density at radius 1 is 1.13 bits per heavy atom. The molecule has 3 aliphatic rings. The minimum absolute atomic E-state index is 0.0603. The summed E-state index contributed by atoms with van der Waals surface area (Å²) in [6, 6.07) is 7.42. The number of hydrogen-bond donors (Lipinski definition) is 2. The predicted octanol–water partition coefficient (Wildman–Crippen LogP) is 5.04. The number of likely N-dealkylation sites (tertiary alicyclic amines) is 1. The second-order valence-electron chi connectivity index (χ2n) is 11.2. The maximum absolute atomic E-state index is 12.4. The molecule has 8 heteroatoms. The van der Waals surface area contributed by atoms with Gasteiger partial charge in [-0.1, -0.05) is 12.5 Å². The average molecular weight is 538 g/mol. The summed E-state index contributed by atoms with van der Waals surface area (Å²) in [7, 11) is 3.35. The van der Waals surface area contributed by atoms with E-state index >= 15 is 0 Å². The van der Waals surface area contributed by atoms with Crippen LogP contribution in [0.3, 0.4) is 0 Å². The third kappa shape index (κ3) is 7.03. The zero-order valence-electron chi connectivity index (χ0n) is 23.4. The van der Waals surface area contributed by atoms with Gasteiger partial charge in [0.2, 0.25) is 0 Å². The van der Waals surface area contributed by atoms with Crippen LogP contribution < -0.4 is 14.8 Å². The van der Waals surface area contributed by atoms with Crippen LogP contribution in [0, 0.1) is 5.92 Å². The van der Waals surface area contributed by atoms with E-state index in [1.807, 2.05) is 17.0 Å². The van der Waals surface area contributed by atoms with Crippen LogP contribution in [0.4, 0.5) is 5.82 Å². The van der Waals surface area contributed by atoms with E-state index in [0.29, 0.717) is 25.4 Å². The highest BCUT2D eigenvalue weighted by atomic mass is 16.5. The summed E-state index contributed by atoms with van der Waals surface area (Å²) in [6.07, 6.45) is 10.6. The number of carbonyl (C=O) groups is 1. The molecule has 0 spiro atoms. The Morgan fingerprint density at radius 3 is 2.74 bits per heavy atom.